The SMILES string of the molecule is CCCCC1=C(C(=O)OCC)C(c2ccc(OCc3ccc(C)cc3)c(OC)c2)NC(=O)N1. The molecule has 0 spiro atoms. The fourth-order valence-electron chi connectivity index (χ4n) is 3.70. The van der Waals surface area contributed by atoms with E-state index >= 15 is 0 Å². The second-order valence-electron chi connectivity index (χ2n) is 7.93. The van der Waals surface area contributed by atoms with Gasteiger partial charge < -0.3 is 24.8 Å². The Morgan fingerprint density at radius 3 is 2.48 bits per heavy atom. The molecule has 1 atom stereocenters. The highest BCUT2D eigenvalue weighted by Gasteiger charge is 2.33. The summed E-state index contributed by atoms with van der Waals surface area (Å²) in [5, 5.41) is 5.65. The molecule has 0 saturated carbocycles. The van der Waals surface area contributed by atoms with Gasteiger partial charge in [0.15, 0.2) is 11.5 Å². The molecule has 1 unspecified atom stereocenters. The lowest BCUT2D eigenvalue weighted by Gasteiger charge is -2.29. The van der Waals surface area contributed by atoms with Crippen molar-refractivity contribution in [2.24, 2.45) is 0 Å². The van der Waals surface area contributed by atoms with E-state index in [1.165, 1.54) is 5.56 Å². The fraction of sp³-hybridized carbons (Fsp3) is 0.385. The van der Waals surface area contributed by atoms with Gasteiger partial charge in [-0.3, -0.25) is 0 Å². The molecule has 33 heavy (non-hydrogen) atoms. The summed E-state index contributed by atoms with van der Waals surface area (Å²) in [6, 6.07) is 12.5. The van der Waals surface area contributed by atoms with Gasteiger partial charge in [0.2, 0.25) is 0 Å². The molecule has 0 aromatic heterocycles. The van der Waals surface area contributed by atoms with E-state index < -0.39 is 12.0 Å². The first-order valence-electron chi connectivity index (χ1n) is 11.3. The number of nitrogens with one attached hydrogen (secondary N) is 2. The zero-order chi connectivity index (χ0) is 23.8. The van der Waals surface area contributed by atoms with Crippen molar-refractivity contribution in [2.45, 2.75) is 52.7 Å². The number of rotatable bonds is 10. The molecule has 1 heterocycles. The average molecular weight is 453 g/mol. The number of allylic oxidation sites excluding steroid dienone is 1. The van der Waals surface area contributed by atoms with E-state index in [1.807, 2.05) is 37.3 Å². The Morgan fingerprint density at radius 1 is 1.06 bits per heavy atom. The van der Waals surface area contributed by atoms with Gasteiger partial charge in [-0.2, -0.15) is 0 Å². The zero-order valence-electron chi connectivity index (χ0n) is 19.7. The van der Waals surface area contributed by atoms with Gasteiger partial charge in [0.1, 0.15) is 6.61 Å². The van der Waals surface area contributed by atoms with Gasteiger partial charge in [0, 0.05) is 5.70 Å². The maximum Gasteiger partial charge on any atom is 0.338 e. The molecule has 3 rings (SSSR count). The van der Waals surface area contributed by atoms with Crippen molar-refractivity contribution in [2.75, 3.05) is 13.7 Å². The first-order valence-corrected chi connectivity index (χ1v) is 11.3. The number of esters is 1. The van der Waals surface area contributed by atoms with E-state index in [1.54, 1.807) is 26.2 Å². The van der Waals surface area contributed by atoms with Crippen LogP contribution in [0.2, 0.25) is 0 Å². The normalized spacial score (nSPS) is 15.5. The number of amides is 2. The quantitative estimate of drug-likeness (QED) is 0.499. The second-order valence-corrected chi connectivity index (χ2v) is 7.93. The predicted molar refractivity (Wildman–Crippen MR) is 126 cm³/mol. The van der Waals surface area contributed by atoms with Crippen molar-refractivity contribution in [3.8, 4) is 11.5 Å². The minimum Gasteiger partial charge on any atom is -0.493 e. The Kier molecular flexibility index (Phi) is 8.35. The van der Waals surface area contributed by atoms with E-state index in [9.17, 15) is 9.59 Å². The molecule has 2 aromatic rings. The minimum absolute atomic E-state index is 0.249. The first-order chi connectivity index (χ1) is 16.0. The standard InChI is InChI=1S/C26H32N2O5/c1-5-7-8-20-23(25(29)32-6-2)24(28-26(30)27-20)19-13-14-21(22(15-19)31-4)33-16-18-11-9-17(3)10-12-18/h9-15,24H,5-8,16H2,1-4H3,(H2,27,28,30). The van der Waals surface area contributed by atoms with Crippen LogP contribution in [-0.4, -0.2) is 25.7 Å². The maximum absolute atomic E-state index is 12.8. The Bertz CT molecular complexity index is 1010. The summed E-state index contributed by atoms with van der Waals surface area (Å²) in [5.41, 5.74) is 3.96. The number of ether oxygens (including phenoxy) is 3. The molecule has 2 aromatic carbocycles. The molecular weight excluding hydrogens is 420 g/mol. The minimum atomic E-state index is -0.648. The van der Waals surface area contributed by atoms with Crippen LogP contribution in [0.3, 0.4) is 0 Å². The highest BCUT2D eigenvalue weighted by molar-refractivity contribution is 5.95. The first kappa shape index (κ1) is 24.2. The summed E-state index contributed by atoms with van der Waals surface area (Å²) >= 11 is 0. The maximum atomic E-state index is 12.8. The number of benzene rings is 2. The van der Waals surface area contributed by atoms with Gasteiger partial charge >= 0.3 is 12.0 Å². The van der Waals surface area contributed by atoms with Gasteiger partial charge in [-0.15, -0.1) is 0 Å². The number of aryl methyl sites for hydroxylation is 1. The molecular formula is C26H32N2O5. The molecule has 2 amide bonds. The molecule has 0 fully saturated rings. The van der Waals surface area contributed by atoms with E-state index in [2.05, 4.69) is 17.6 Å². The van der Waals surface area contributed by atoms with Crippen LogP contribution in [0.1, 0.15) is 55.8 Å². The van der Waals surface area contributed by atoms with Crippen LogP contribution in [0.4, 0.5) is 4.79 Å². The molecule has 1 aliphatic heterocycles. The zero-order valence-corrected chi connectivity index (χ0v) is 19.7. The van der Waals surface area contributed by atoms with Crippen LogP contribution >= 0.6 is 0 Å². The molecule has 7 nitrogen and oxygen atoms in total. The Morgan fingerprint density at radius 2 is 1.82 bits per heavy atom. The lowest BCUT2D eigenvalue weighted by atomic mass is 9.93. The van der Waals surface area contributed by atoms with Crippen molar-refractivity contribution in [3.63, 3.8) is 0 Å². The van der Waals surface area contributed by atoms with Gasteiger partial charge in [-0.1, -0.05) is 49.2 Å². The number of hydrogen-bond acceptors (Lipinski definition) is 5. The molecule has 0 radical (unpaired) electrons. The van der Waals surface area contributed by atoms with Crippen LogP contribution in [0.15, 0.2) is 53.7 Å². The Labute approximate surface area is 195 Å². The number of urea groups is 1. The van der Waals surface area contributed by atoms with Crippen molar-refractivity contribution >= 4 is 12.0 Å². The summed E-state index contributed by atoms with van der Waals surface area (Å²) in [4.78, 5) is 25.2. The van der Waals surface area contributed by atoms with E-state index in [0.717, 1.165) is 18.4 Å². The highest BCUT2D eigenvalue weighted by atomic mass is 16.5. The van der Waals surface area contributed by atoms with Crippen molar-refractivity contribution < 1.29 is 23.8 Å². The van der Waals surface area contributed by atoms with Gasteiger partial charge in [0.25, 0.3) is 0 Å². The largest absolute Gasteiger partial charge is 0.493 e. The fourth-order valence-corrected chi connectivity index (χ4v) is 3.70. The van der Waals surface area contributed by atoms with Crippen LogP contribution < -0.4 is 20.1 Å². The second kappa shape index (κ2) is 11.4. The summed E-state index contributed by atoms with van der Waals surface area (Å²) in [5.74, 6) is 0.653. The summed E-state index contributed by atoms with van der Waals surface area (Å²) < 4.78 is 16.8. The third-order valence-corrected chi connectivity index (χ3v) is 5.47. The summed E-state index contributed by atoms with van der Waals surface area (Å²) in [6.07, 6.45) is 2.37. The summed E-state index contributed by atoms with van der Waals surface area (Å²) in [6.45, 7) is 6.51. The van der Waals surface area contributed by atoms with Crippen molar-refractivity contribution in [1.29, 1.82) is 0 Å². The van der Waals surface area contributed by atoms with E-state index in [0.29, 0.717) is 41.4 Å². The molecule has 7 heteroatoms. The monoisotopic (exact) mass is 452 g/mol. The molecule has 0 bridgehead atoms. The number of carbonyl (C=O) groups excluding carboxylic acids is 2. The van der Waals surface area contributed by atoms with Gasteiger partial charge in [0.05, 0.1) is 25.3 Å². The van der Waals surface area contributed by atoms with Gasteiger partial charge in [-0.05, 0) is 49.9 Å². The number of unbranched alkanes of at least 4 members (excludes halogenated alkanes) is 1. The van der Waals surface area contributed by atoms with E-state index in [4.69, 9.17) is 14.2 Å². The van der Waals surface area contributed by atoms with Crippen LogP contribution in [0, 0.1) is 6.92 Å². The highest BCUT2D eigenvalue weighted by Crippen LogP contribution is 2.35. The van der Waals surface area contributed by atoms with Crippen LogP contribution in [0.5, 0.6) is 11.5 Å². The van der Waals surface area contributed by atoms with E-state index in [-0.39, 0.29) is 12.6 Å². The number of carbonyl (C=O) groups is 2. The smallest absolute Gasteiger partial charge is 0.338 e. The lowest BCUT2D eigenvalue weighted by molar-refractivity contribution is -0.139. The topological polar surface area (TPSA) is 85.9 Å². The molecule has 0 aliphatic carbocycles. The number of hydrogen-bond donors (Lipinski definition) is 2. The molecule has 1 aliphatic rings. The molecule has 0 saturated heterocycles. The lowest BCUT2D eigenvalue weighted by Crippen LogP contribution is -2.46. The van der Waals surface area contributed by atoms with Crippen molar-refractivity contribution in [3.05, 3.63) is 70.4 Å². The third kappa shape index (κ3) is 6.06. The van der Waals surface area contributed by atoms with Crippen LogP contribution in [-0.2, 0) is 16.1 Å². The number of methoxy groups -OCH3 is 1. The third-order valence-electron chi connectivity index (χ3n) is 5.47. The Hall–Kier alpha value is -3.48. The molecule has 176 valence electrons. The Balaban J connectivity index is 1.90. The van der Waals surface area contributed by atoms with Crippen molar-refractivity contribution in [1.82, 2.24) is 10.6 Å². The summed E-state index contributed by atoms with van der Waals surface area (Å²) in [7, 11) is 1.56. The average Bonchev–Trinajstić information content (AvgIpc) is 2.82. The van der Waals surface area contributed by atoms with Crippen LogP contribution in [0.25, 0.3) is 0 Å². The van der Waals surface area contributed by atoms with Gasteiger partial charge in [-0.25, -0.2) is 9.59 Å². The molecule has 2 N–H and O–H groups in total. The predicted octanol–water partition coefficient (Wildman–Crippen LogP) is 4.94.